The van der Waals surface area contributed by atoms with Crippen LogP contribution in [0.2, 0.25) is 0 Å². The number of hydrogen-bond acceptors (Lipinski definition) is 6. The molecule has 1 aromatic carbocycles. The van der Waals surface area contributed by atoms with E-state index < -0.39 is 11.9 Å². The highest BCUT2D eigenvalue weighted by atomic mass is 16.2. The average Bonchev–Trinajstić information content (AvgIpc) is 3.47. The van der Waals surface area contributed by atoms with Gasteiger partial charge in [0.25, 0.3) is 5.91 Å². The van der Waals surface area contributed by atoms with Gasteiger partial charge in [-0.2, -0.15) is 0 Å². The van der Waals surface area contributed by atoms with Gasteiger partial charge in [0.05, 0.1) is 17.6 Å². The first kappa shape index (κ1) is 18.9. The number of carbonyl (C=O) groups excluding carboxylic acids is 3. The van der Waals surface area contributed by atoms with Crippen molar-refractivity contribution in [1.29, 1.82) is 0 Å². The number of fused-ring (bicyclic) bond motifs is 1. The highest BCUT2D eigenvalue weighted by Crippen LogP contribution is 2.29. The van der Waals surface area contributed by atoms with E-state index in [2.05, 4.69) is 20.9 Å². The summed E-state index contributed by atoms with van der Waals surface area (Å²) in [6.45, 7) is 1.45. The molecular weight excluding hydrogens is 384 g/mol. The molecule has 9 heteroatoms. The van der Waals surface area contributed by atoms with Crippen molar-refractivity contribution in [3.05, 3.63) is 41.2 Å². The predicted molar refractivity (Wildman–Crippen MR) is 107 cm³/mol. The maximum absolute atomic E-state index is 12.8. The molecule has 2 N–H and O–H groups in total. The van der Waals surface area contributed by atoms with Crippen LogP contribution in [0.3, 0.4) is 0 Å². The van der Waals surface area contributed by atoms with Crippen LogP contribution in [0.1, 0.15) is 53.7 Å². The zero-order valence-corrected chi connectivity index (χ0v) is 16.6. The Morgan fingerprint density at radius 2 is 2.07 bits per heavy atom. The highest BCUT2D eigenvalue weighted by Gasteiger charge is 2.39. The molecule has 0 saturated carbocycles. The van der Waals surface area contributed by atoms with Gasteiger partial charge in [-0.05, 0) is 62.4 Å². The molecule has 2 unspecified atom stereocenters. The number of carbonyl (C=O) groups is 3. The fourth-order valence-electron chi connectivity index (χ4n) is 4.57. The summed E-state index contributed by atoms with van der Waals surface area (Å²) in [5, 5.41) is 14.4. The molecule has 0 aliphatic carbocycles. The summed E-state index contributed by atoms with van der Waals surface area (Å²) in [6.07, 6.45) is 6.94. The smallest absolute Gasteiger partial charge is 0.255 e. The Labute approximate surface area is 173 Å². The quantitative estimate of drug-likeness (QED) is 0.706. The zero-order chi connectivity index (χ0) is 20.7. The highest BCUT2D eigenvalue weighted by molar-refractivity contribution is 6.05. The van der Waals surface area contributed by atoms with Crippen LogP contribution in [0, 0.1) is 0 Å². The molecule has 2 aromatic rings. The lowest BCUT2D eigenvalue weighted by molar-refractivity contribution is -0.136. The molecule has 0 bridgehead atoms. The average molecular weight is 408 g/mol. The number of amides is 3. The molecule has 2 fully saturated rings. The van der Waals surface area contributed by atoms with E-state index in [0.29, 0.717) is 24.6 Å². The Hall–Kier alpha value is -3.07. The number of aromatic nitrogens is 3. The summed E-state index contributed by atoms with van der Waals surface area (Å²) >= 11 is 0. The number of nitrogens with one attached hydrogen (secondary N) is 2. The Balaban J connectivity index is 1.30. The Bertz CT molecular complexity index is 1010. The number of aryl methyl sites for hydroxylation is 1. The summed E-state index contributed by atoms with van der Waals surface area (Å²) < 4.78 is 1.73. The van der Waals surface area contributed by atoms with E-state index in [-0.39, 0.29) is 18.2 Å². The van der Waals surface area contributed by atoms with E-state index in [1.54, 1.807) is 15.6 Å². The third kappa shape index (κ3) is 3.49. The van der Waals surface area contributed by atoms with Gasteiger partial charge in [0, 0.05) is 24.6 Å². The number of piperidine rings is 1. The van der Waals surface area contributed by atoms with E-state index in [0.717, 1.165) is 36.3 Å². The lowest BCUT2D eigenvalue weighted by Gasteiger charge is -2.29. The van der Waals surface area contributed by atoms with Gasteiger partial charge in [0.2, 0.25) is 11.8 Å². The second-order valence-electron chi connectivity index (χ2n) is 8.23. The van der Waals surface area contributed by atoms with Crippen LogP contribution in [-0.2, 0) is 22.6 Å². The van der Waals surface area contributed by atoms with Gasteiger partial charge >= 0.3 is 0 Å². The van der Waals surface area contributed by atoms with Crippen LogP contribution in [0.25, 0.3) is 5.69 Å². The molecule has 3 amide bonds. The van der Waals surface area contributed by atoms with Crippen molar-refractivity contribution in [2.75, 3.05) is 6.54 Å². The number of rotatable bonds is 5. The van der Waals surface area contributed by atoms with Gasteiger partial charge in [-0.3, -0.25) is 19.7 Å². The maximum Gasteiger partial charge on any atom is 0.255 e. The van der Waals surface area contributed by atoms with Crippen molar-refractivity contribution in [1.82, 2.24) is 30.5 Å². The lowest BCUT2D eigenvalue weighted by atomic mass is 10.0. The predicted octanol–water partition coefficient (Wildman–Crippen LogP) is 0.713. The summed E-state index contributed by atoms with van der Waals surface area (Å²) in [5.41, 5.74) is 3.24. The van der Waals surface area contributed by atoms with E-state index >= 15 is 0 Å². The molecule has 30 heavy (non-hydrogen) atoms. The number of benzene rings is 1. The third-order valence-corrected chi connectivity index (χ3v) is 6.22. The van der Waals surface area contributed by atoms with Crippen molar-refractivity contribution in [3.63, 3.8) is 0 Å². The number of imide groups is 1. The molecule has 3 aliphatic heterocycles. The van der Waals surface area contributed by atoms with Gasteiger partial charge in [-0.1, -0.05) is 5.21 Å². The molecule has 3 aliphatic rings. The van der Waals surface area contributed by atoms with Crippen LogP contribution in [0.5, 0.6) is 0 Å². The van der Waals surface area contributed by atoms with Crippen LogP contribution < -0.4 is 10.6 Å². The number of nitrogens with zero attached hydrogens (tertiary/aromatic N) is 4. The van der Waals surface area contributed by atoms with Crippen molar-refractivity contribution >= 4 is 17.7 Å². The normalized spacial score (nSPS) is 23.7. The SMILES string of the molecule is O=C1CCC(N2Cc3cc(-n4cc(CCC5CCCN5)nn4)ccc3C2=O)C(=O)N1. The van der Waals surface area contributed by atoms with Crippen molar-refractivity contribution in [2.24, 2.45) is 0 Å². The molecular formula is C21H24N6O3. The molecule has 4 heterocycles. The standard InChI is InChI=1S/C21H24N6O3/c28-19-8-7-18(20(29)23-19)26-11-13-10-16(5-6-17(13)21(26)30)27-12-15(24-25-27)4-3-14-2-1-9-22-14/h5-6,10,12,14,18,22H,1-4,7-9,11H2,(H,23,28,29). The summed E-state index contributed by atoms with van der Waals surface area (Å²) in [5.74, 6) is -0.854. The molecule has 9 nitrogen and oxygen atoms in total. The summed E-state index contributed by atoms with van der Waals surface area (Å²) in [7, 11) is 0. The summed E-state index contributed by atoms with van der Waals surface area (Å²) in [6, 6.07) is 5.52. The third-order valence-electron chi connectivity index (χ3n) is 6.22. The minimum absolute atomic E-state index is 0.172. The van der Waals surface area contributed by atoms with E-state index in [1.807, 2.05) is 18.3 Å². The van der Waals surface area contributed by atoms with Crippen LogP contribution in [-0.4, -0.2) is 56.2 Å². The molecule has 0 spiro atoms. The molecule has 156 valence electrons. The van der Waals surface area contributed by atoms with Gasteiger partial charge in [-0.15, -0.1) is 5.10 Å². The Morgan fingerprint density at radius 1 is 1.17 bits per heavy atom. The number of hydrogen-bond donors (Lipinski definition) is 2. The second-order valence-corrected chi connectivity index (χ2v) is 8.23. The fraction of sp³-hybridized carbons (Fsp3) is 0.476. The van der Waals surface area contributed by atoms with Crippen LogP contribution >= 0.6 is 0 Å². The van der Waals surface area contributed by atoms with Crippen LogP contribution in [0.15, 0.2) is 24.4 Å². The van der Waals surface area contributed by atoms with Crippen molar-refractivity contribution in [3.8, 4) is 5.69 Å². The molecule has 1 aromatic heterocycles. The van der Waals surface area contributed by atoms with Gasteiger partial charge in [-0.25, -0.2) is 4.68 Å². The molecule has 0 radical (unpaired) electrons. The van der Waals surface area contributed by atoms with E-state index in [1.165, 1.54) is 12.8 Å². The Morgan fingerprint density at radius 3 is 2.87 bits per heavy atom. The monoisotopic (exact) mass is 408 g/mol. The van der Waals surface area contributed by atoms with Crippen LogP contribution in [0.4, 0.5) is 0 Å². The van der Waals surface area contributed by atoms with Gasteiger partial charge in [0.1, 0.15) is 6.04 Å². The zero-order valence-electron chi connectivity index (χ0n) is 16.6. The minimum Gasteiger partial charge on any atom is -0.322 e. The molecule has 2 atom stereocenters. The maximum atomic E-state index is 12.8. The van der Waals surface area contributed by atoms with Crippen molar-refractivity contribution in [2.45, 2.75) is 57.2 Å². The van der Waals surface area contributed by atoms with E-state index in [9.17, 15) is 14.4 Å². The van der Waals surface area contributed by atoms with E-state index in [4.69, 9.17) is 0 Å². The fourth-order valence-corrected chi connectivity index (χ4v) is 4.57. The second kappa shape index (κ2) is 7.64. The summed E-state index contributed by atoms with van der Waals surface area (Å²) in [4.78, 5) is 37.9. The first-order chi connectivity index (χ1) is 14.6. The largest absolute Gasteiger partial charge is 0.322 e. The lowest BCUT2D eigenvalue weighted by Crippen LogP contribution is -2.52. The first-order valence-corrected chi connectivity index (χ1v) is 10.5. The molecule has 5 rings (SSSR count). The first-order valence-electron chi connectivity index (χ1n) is 10.5. The van der Waals surface area contributed by atoms with Crippen molar-refractivity contribution < 1.29 is 14.4 Å². The Kier molecular flexibility index (Phi) is 4.82. The topological polar surface area (TPSA) is 109 Å². The van der Waals surface area contributed by atoms with Gasteiger partial charge < -0.3 is 10.2 Å². The molecule has 2 saturated heterocycles. The minimum atomic E-state index is -0.604. The van der Waals surface area contributed by atoms with Gasteiger partial charge in [0.15, 0.2) is 0 Å².